The Morgan fingerprint density at radius 2 is 1.84 bits per heavy atom. The van der Waals surface area contributed by atoms with Crippen LogP contribution in [0.3, 0.4) is 0 Å². The van der Waals surface area contributed by atoms with Gasteiger partial charge in [0.25, 0.3) is 0 Å². The number of halogens is 1. The molecule has 38 heavy (non-hydrogen) atoms. The van der Waals surface area contributed by atoms with Gasteiger partial charge >= 0.3 is 0 Å². The summed E-state index contributed by atoms with van der Waals surface area (Å²) in [6.45, 7) is 5.93. The topological polar surface area (TPSA) is 38.8 Å². The van der Waals surface area contributed by atoms with E-state index >= 15 is 0 Å². The Bertz CT molecular complexity index is 1100. The van der Waals surface area contributed by atoms with Crippen molar-refractivity contribution in [3.8, 4) is 5.75 Å². The highest BCUT2D eigenvalue weighted by Gasteiger charge is 2.67. The van der Waals surface area contributed by atoms with Crippen LogP contribution in [0.25, 0.3) is 0 Å². The predicted octanol–water partition coefficient (Wildman–Crippen LogP) is 6.71. The largest absolute Gasteiger partial charge is 0.493 e. The maximum absolute atomic E-state index is 13.2. The molecule has 0 unspecified atom stereocenters. The maximum Gasteiger partial charge on any atom is 0.134 e. The lowest BCUT2D eigenvalue weighted by Crippen LogP contribution is -2.74. The van der Waals surface area contributed by atoms with Gasteiger partial charge in [0.2, 0.25) is 0 Å². The van der Waals surface area contributed by atoms with Gasteiger partial charge in [-0.2, -0.15) is 0 Å². The van der Waals surface area contributed by atoms with Crippen molar-refractivity contribution in [2.45, 2.75) is 94.6 Å². The molecule has 0 spiro atoms. The number of rotatable bonds is 11. The lowest BCUT2D eigenvalue weighted by molar-refractivity contribution is -0.201. The molecule has 0 aromatic heterocycles. The lowest BCUT2D eigenvalue weighted by Gasteiger charge is -2.65. The number of piperidine rings is 1. The van der Waals surface area contributed by atoms with Crippen molar-refractivity contribution in [3.05, 3.63) is 65.2 Å². The summed E-state index contributed by atoms with van der Waals surface area (Å²) < 4.78 is 13.7. The third-order valence-corrected chi connectivity index (χ3v) is 9.65. The molecule has 3 atom stereocenters. The van der Waals surface area contributed by atoms with Crippen LogP contribution in [-0.2, 0) is 27.8 Å². The van der Waals surface area contributed by atoms with E-state index in [-0.39, 0.29) is 23.4 Å². The summed E-state index contributed by atoms with van der Waals surface area (Å²) in [7, 11) is 0. The number of unbranched alkanes of at least 4 members (excludes halogenated alkanes) is 1. The Morgan fingerprint density at radius 1 is 1.00 bits per heavy atom. The summed E-state index contributed by atoms with van der Waals surface area (Å²) in [6, 6.07) is 17.7. The fourth-order valence-corrected chi connectivity index (χ4v) is 7.71. The van der Waals surface area contributed by atoms with Crippen LogP contribution in [0.1, 0.15) is 81.4 Å². The zero-order valence-corrected chi connectivity index (χ0v) is 23.8. The molecule has 2 bridgehead atoms. The molecule has 3 fully saturated rings. The van der Waals surface area contributed by atoms with Crippen molar-refractivity contribution in [2.75, 3.05) is 26.3 Å². The predicted molar refractivity (Wildman–Crippen MR) is 154 cm³/mol. The Labute approximate surface area is 234 Å². The molecule has 1 heterocycles. The van der Waals surface area contributed by atoms with E-state index in [2.05, 4.69) is 60.4 Å². The van der Waals surface area contributed by atoms with Gasteiger partial charge in [0.15, 0.2) is 0 Å². The van der Waals surface area contributed by atoms with Gasteiger partial charge in [-0.05, 0) is 81.0 Å². The summed E-state index contributed by atoms with van der Waals surface area (Å²) in [6.07, 6.45) is 11.0. The number of carbonyl (C=O) groups excluding carboxylic acids is 1. The third-order valence-electron chi connectivity index (χ3n) is 9.65. The molecule has 1 aliphatic heterocycles. The first-order valence-corrected chi connectivity index (χ1v) is 14.8. The van der Waals surface area contributed by atoms with E-state index in [1.807, 2.05) is 0 Å². The molecule has 3 aliphatic carbocycles. The molecule has 206 valence electrons. The Hall–Kier alpha value is -1.88. The van der Waals surface area contributed by atoms with Gasteiger partial charge in [-0.3, -0.25) is 9.69 Å². The van der Waals surface area contributed by atoms with E-state index in [0.717, 1.165) is 76.4 Å². The van der Waals surface area contributed by atoms with E-state index in [9.17, 15) is 4.79 Å². The number of nitrogens with zero attached hydrogens (tertiary/aromatic N) is 1. The number of benzene rings is 2. The molecular formula is C33H44ClNO3. The zero-order chi connectivity index (χ0) is 25.3. The number of ether oxygens (including phenoxy) is 2. The number of carbonyl (C=O) groups is 1. The molecule has 6 rings (SSSR count). The van der Waals surface area contributed by atoms with Crippen LogP contribution in [0.5, 0.6) is 5.75 Å². The Balaban J connectivity index is 0.00000294. The fraction of sp³-hybridized carbons (Fsp3) is 0.606. The number of likely N-dealkylation sites (tertiary alicyclic amines) is 1. The van der Waals surface area contributed by atoms with Crippen molar-refractivity contribution >= 4 is 18.2 Å². The highest BCUT2D eigenvalue weighted by molar-refractivity contribution is 5.85. The van der Waals surface area contributed by atoms with Crippen molar-refractivity contribution in [1.29, 1.82) is 0 Å². The summed E-state index contributed by atoms with van der Waals surface area (Å²) in [4.78, 5) is 16.0. The molecule has 4 aliphatic rings. The first-order chi connectivity index (χ1) is 18.1. The summed E-state index contributed by atoms with van der Waals surface area (Å²) in [5.74, 6) is 2.25. The molecule has 4 nitrogen and oxygen atoms in total. The van der Waals surface area contributed by atoms with Gasteiger partial charge in [0.05, 0.1) is 12.2 Å². The number of aryl methyl sites for hydroxylation is 1. The van der Waals surface area contributed by atoms with Gasteiger partial charge in [-0.1, -0.05) is 55.8 Å². The monoisotopic (exact) mass is 537 g/mol. The normalized spacial score (nSPS) is 28.2. The molecule has 5 heteroatoms. The number of Topliss-reactive ketones (excluding diaryl/α,β-unsaturated/α-hetero) is 1. The second-order valence-corrected chi connectivity index (χ2v) is 12.0. The highest BCUT2D eigenvalue weighted by Crippen LogP contribution is 2.61. The average molecular weight is 538 g/mol. The quantitative estimate of drug-likeness (QED) is 0.299. The standard InChI is InChI=1S/C33H43NO3.ClH/c1-2-3-20-36-29-13-7-12-27-22-30-33(37-21-8-11-25-9-5-4-6-10-25)17-16-28(35)23-32(33,31(27)29)18-19-34(30)24-26-14-15-26;/h4-7,9-10,12-13,26,30H,2-3,8,11,14-24H2,1H3;1H/t30-,32-,33-;/m1./s1. The molecule has 2 aromatic carbocycles. The van der Waals surface area contributed by atoms with Crippen LogP contribution in [0.2, 0.25) is 0 Å². The van der Waals surface area contributed by atoms with Crippen LogP contribution < -0.4 is 4.74 Å². The lowest BCUT2D eigenvalue weighted by atomic mass is 9.49. The SMILES string of the molecule is CCCCOc1cccc2c1[C@]13CCN(CC4CC4)[C@H](C2)[C@]1(OCCCc1ccccc1)CCC(=O)C3.Cl. The number of hydrogen-bond donors (Lipinski definition) is 0. The van der Waals surface area contributed by atoms with Crippen molar-refractivity contribution < 1.29 is 14.3 Å². The smallest absolute Gasteiger partial charge is 0.134 e. The zero-order valence-electron chi connectivity index (χ0n) is 23.0. The van der Waals surface area contributed by atoms with E-state index in [1.54, 1.807) is 0 Å². The van der Waals surface area contributed by atoms with Gasteiger partial charge in [-0.15, -0.1) is 12.4 Å². The van der Waals surface area contributed by atoms with Gasteiger partial charge in [-0.25, -0.2) is 0 Å². The van der Waals surface area contributed by atoms with Crippen molar-refractivity contribution in [2.24, 2.45) is 5.92 Å². The Morgan fingerprint density at radius 3 is 2.63 bits per heavy atom. The summed E-state index contributed by atoms with van der Waals surface area (Å²) in [5.41, 5.74) is 3.47. The van der Waals surface area contributed by atoms with Gasteiger partial charge in [0, 0.05) is 43.0 Å². The highest BCUT2D eigenvalue weighted by atomic mass is 35.5. The molecule has 0 N–H and O–H groups in total. The first kappa shape index (κ1) is 27.7. The maximum atomic E-state index is 13.2. The van der Waals surface area contributed by atoms with Crippen LogP contribution >= 0.6 is 12.4 Å². The van der Waals surface area contributed by atoms with Crippen LogP contribution in [0.4, 0.5) is 0 Å². The molecule has 0 radical (unpaired) electrons. The minimum absolute atomic E-state index is 0. The van der Waals surface area contributed by atoms with E-state index in [0.29, 0.717) is 24.7 Å². The van der Waals surface area contributed by atoms with Crippen LogP contribution in [-0.4, -0.2) is 48.6 Å². The van der Waals surface area contributed by atoms with Crippen molar-refractivity contribution in [1.82, 2.24) is 4.90 Å². The summed E-state index contributed by atoms with van der Waals surface area (Å²) >= 11 is 0. The van der Waals surface area contributed by atoms with Crippen molar-refractivity contribution in [3.63, 3.8) is 0 Å². The van der Waals surface area contributed by atoms with E-state index in [1.165, 1.54) is 36.1 Å². The number of ketones is 1. The molecule has 2 aromatic rings. The fourth-order valence-electron chi connectivity index (χ4n) is 7.71. The molecule has 2 saturated carbocycles. The minimum atomic E-state index is -0.318. The number of fused-ring (bicyclic) bond motifs is 1. The second-order valence-electron chi connectivity index (χ2n) is 12.0. The molecular weight excluding hydrogens is 494 g/mol. The van der Waals surface area contributed by atoms with Crippen LogP contribution in [0.15, 0.2) is 48.5 Å². The average Bonchev–Trinajstić information content (AvgIpc) is 3.73. The van der Waals surface area contributed by atoms with Gasteiger partial charge < -0.3 is 9.47 Å². The minimum Gasteiger partial charge on any atom is -0.493 e. The number of hydrogen-bond acceptors (Lipinski definition) is 4. The second kappa shape index (κ2) is 11.7. The summed E-state index contributed by atoms with van der Waals surface area (Å²) in [5, 5.41) is 0. The first-order valence-electron chi connectivity index (χ1n) is 14.8. The van der Waals surface area contributed by atoms with Crippen LogP contribution in [0, 0.1) is 5.92 Å². The van der Waals surface area contributed by atoms with E-state index in [4.69, 9.17) is 9.47 Å². The molecule has 0 amide bonds. The third kappa shape index (κ3) is 5.05. The molecule has 1 saturated heterocycles. The van der Waals surface area contributed by atoms with E-state index < -0.39 is 0 Å². The van der Waals surface area contributed by atoms with Gasteiger partial charge in [0.1, 0.15) is 11.5 Å². The Kier molecular flexibility index (Phi) is 8.52.